The lowest BCUT2D eigenvalue weighted by Gasteiger charge is -2.17. The Hall–Kier alpha value is 0.867. The second kappa shape index (κ2) is 5.51. The minimum Gasteiger partial charge on any atom is -0.348 e. The predicted molar refractivity (Wildman–Crippen MR) is 55.7 cm³/mol. The first-order valence-corrected chi connectivity index (χ1v) is 8.20. The Labute approximate surface area is 77.7 Å². The lowest BCUT2D eigenvalue weighted by molar-refractivity contribution is 0.321. The van der Waals surface area contributed by atoms with E-state index in [1.165, 1.54) is 23.3 Å². The Morgan fingerprint density at radius 1 is 1.40 bits per heavy atom. The van der Waals surface area contributed by atoms with Gasteiger partial charge in [-0.3, -0.25) is 0 Å². The molecule has 2 nitrogen and oxygen atoms in total. The number of hydrogen-bond donors (Lipinski definition) is 1. The summed E-state index contributed by atoms with van der Waals surface area (Å²) in [6.45, 7) is 4.31. The molecule has 0 aliphatic rings. The molecule has 0 atom stereocenters. The first kappa shape index (κ1) is 10.9. The first-order chi connectivity index (χ1) is 4.62. The molecule has 0 fully saturated rings. The quantitative estimate of drug-likeness (QED) is 0.274. The highest BCUT2D eigenvalue weighted by molar-refractivity contribution is 14.1. The molecule has 2 N–H and O–H groups in total. The highest BCUT2D eigenvalue weighted by Crippen LogP contribution is 2.13. The molecule has 0 unspecified atom stereocenters. The topological polar surface area (TPSA) is 35.2 Å². The van der Waals surface area contributed by atoms with E-state index < -0.39 is 8.32 Å². The van der Waals surface area contributed by atoms with Crippen molar-refractivity contribution >= 4 is 30.9 Å². The van der Waals surface area contributed by atoms with Crippen molar-refractivity contribution in [3.8, 4) is 0 Å². The molecule has 0 aromatic carbocycles. The van der Waals surface area contributed by atoms with Crippen LogP contribution >= 0.6 is 22.6 Å². The van der Waals surface area contributed by atoms with Gasteiger partial charge < -0.3 is 4.53 Å². The molecular formula is C6H16INOSi. The predicted octanol–water partition coefficient (Wildman–Crippen LogP) is 2.30. The van der Waals surface area contributed by atoms with Crippen LogP contribution in [0.15, 0.2) is 0 Å². The van der Waals surface area contributed by atoms with E-state index in [1.807, 2.05) is 0 Å². The molecular weight excluding hydrogens is 257 g/mol. The SMILES string of the molecule is C[Si](C)(CCCCI)ON. The van der Waals surface area contributed by atoms with Gasteiger partial charge in [-0.2, -0.15) is 0 Å². The number of rotatable bonds is 5. The van der Waals surface area contributed by atoms with Crippen LogP contribution in [0, 0.1) is 0 Å². The number of nitrogens with two attached hydrogens (primary N) is 1. The van der Waals surface area contributed by atoms with Crippen LogP contribution in [0.3, 0.4) is 0 Å². The monoisotopic (exact) mass is 273 g/mol. The molecule has 4 heteroatoms. The van der Waals surface area contributed by atoms with Crippen LogP contribution in [0.1, 0.15) is 12.8 Å². The molecule has 0 saturated heterocycles. The normalized spacial score (nSPS) is 12.0. The summed E-state index contributed by atoms with van der Waals surface area (Å²) in [4.78, 5) is 0. The third-order valence-electron chi connectivity index (χ3n) is 1.48. The van der Waals surface area contributed by atoms with Gasteiger partial charge in [0.1, 0.15) is 0 Å². The maximum absolute atomic E-state index is 5.15. The summed E-state index contributed by atoms with van der Waals surface area (Å²) in [6, 6.07) is 1.19. The molecule has 0 aromatic rings. The van der Waals surface area contributed by atoms with E-state index in [2.05, 4.69) is 35.7 Å². The van der Waals surface area contributed by atoms with Crippen molar-refractivity contribution in [3.05, 3.63) is 0 Å². The molecule has 0 rings (SSSR count). The van der Waals surface area contributed by atoms with Crippen LogP contribution in [0.2, 0.25) is 19.1 Å². The summed E-state index contributed by atoms with van der Waals surface area (Å²) in [7, 11) is -1.44. The summed E-state index contributed by atoms with van der Waals surface area (Å²) >= 11 is 2.39. The van der Waals surface area contributed by atoms with Crippen molar-refractivity contribution in [2.45, 2.75) is 32.0 Å². The van der Waals surface area contributed by atoms with Crippen LogP contribution in [-0.4, -0.2) is 12.7 Å². The fraction of sp³-hybridized carbons (Fsp3) is 1.00. The summed E-state index contributed by atoms with van der Waals surface area (Å²) in [5.41, 5.74) is 0. The van der Waals surface area contributed by atoms with Gasteiger partial charge in [-0.05, 0) is 30.0 Å². The van der Waals surface area contributed by atoms with Gasteiger partial charge in [0, 0.05) is 0 Å². The largest absolute Gasteiger partial charge is 0.348 e. The summed E-state index contributed by atoms with van der Waals surface area (Å²) in [6.07, 6.45) is 2.56. The Morgan fingerprint density at radius 3 is 2.40 bits per heavy atom. The molecule has 62 valence electrons. The highest BCUT2D eigenvalue weighted by atomic mass is 127. The van der Waals surface area contributed by atoms with Gasteiger partial charge >= 0.3 is 0 Å². The van der Waals surface area contributed by atoms with E-state index in [9.17, 15) is 0 Å². The zero-order valence-electron chi connectivity index (χ0n) is 6.69. The van der Waals surface area contributed by atoms with Crippen LogP contribution in [-0.2, 0) is 4.53 Å². The van der Waals surface area contributed by atoms with Crippen LogP contribution in [0.5, 0.6) is 0 Å². The molecule has 0 saturated carbocycles. The van der Waals surface area contributed by atoms with Crippen LogP contribution in [0.4, 0.5) is 0 Å². The molecule has 0 radical (unpaired) electrons. The van der Waals surface area contributed by atoms with Crippen LogP contribution < -0.4 is 5.90 Å². The molecule has 10 heavy (non-hydrogen) atoms. The fourth-order valence-electron chi connectivity index (χ4n) is 0.704. The minimum absolute atomic E-state index is 1.19. The fourth-order valence-corrected chi connectivity index (χ4v) is 2.46. The molecule has 0 heterocycles. The van der Waals surface area contributed by atoms with Gasteiger partial charge in [0.25, 0.3) is 0 Å². The summed E-state index contributed by atoms with van der Waals surface area (Å²) < 4.78 is 6.16. The van der Waals surface area contributed by atoms with E-state index in [4.69, 9.17) is 10.4 Å². The molecule has 0 spiro atoms. The zero-order chi connectivity index (χ0) is 8.04. The van der Waals surface area contributed by atoms with Gasteiger partial charge in [0.05, 0.1) is 0 Å². The zero-order valence-corrected chi connectivity index (χ0v) is 9.85. The van der Waals surface area contributed by atoms with Crippen molar-refractivity contribution < 1.29 is 4.53 Å². The highest BCUT2D eigenvalue weighted by Gasteiger charge is 2.20. The minimum atomic E-state index is -1.44. The summed E-state index contributed by atoms with van der Waals surface area (Å²) in [5.74, 6) is 5.15. The number of halogens is 1. The van der Waals surface area contributed by atoms with Crippen LogP contribution in [0.25, 0.3) is 0 Å². The third-order valence-corrected chi connectivity index (χ3v) is 4.44. The molecule has 0 amide bonds. The van der Waals surface area contributed by atoms with Gasteiger partial charge in [-0.1, -0.05) is 29.0 Å². The standard InChI is InChI=1S/C6H16INOSi/c1-10(2,9-8)6-4-3-5-7/h3-6,8H2,1-2H3. The van der Waals surface area contributed by atoms with E-state index >= 15 is 0 Å². The van der Waals surface area contributed by atoms with Gasteiger partial charge in [-0.15, -0.1) is 0 Å². The Morgan fingerprint density at radius 2 is 2.00 bits per heavy atom. The number of hydrogen-bond acceptors (Lipinski definition) is 2. The summed E-state index contributed by atoms with van der Waals surface area (Å²) in [5, 5.41) is 0. The number of unbranched alkanes of at least 4 members (excludes halogenated alkanes) is 1. The van der Waals surface area contributed by atoms with Crippen molar-refractivity contribution in [1.29, 1.82) is 0 Å². The average molecular weight is 273 g/mol. The molecule has 0 aliphatic heterocycles. The Kier molecular flexibility index (Phi) is 5.99. The lowest BCUT2D eigenvalue weighted by Crippen LogP contribution is -2.33. The average Bonchev–Trinajstić information content (AvgIpc) is 1.89. The second-order valence-electron chi connectivity index (χ2n) is 3.02. The van der Waals surface area contributed by atoms with E-state index in [-0.39, 0.29) is 0 Å². The molecule has 0 bridgehead atoms. The van der Waals surface area contributed by atoms with Crippen molar-refractivity contribution in [2.24, 2.45) is 5.90 Å². The van der Waals surface area contributed by atoms with E-state index in [1.54, 1.807) is 0 Å². The lowest BCUT2D eigenvalue weighted by atomic mass is 10.4. The first-order valence-electron chi connectivity index (χ1n) is 3.56. The third kappa shape index (κ3) is 5.64. The second-order valence-corrected chi connectivity index (χ2v) is 8.36. The smallest absolute Gasteiger partial charge is 0.214 e. The Bertz CT molecular complexity index is 89.8. The van der Waals surface area contributed by atoms with Gasteiger partial charge in [0.15, 0.2) is 0 Å². The molecule has 0 aromatic heterocycles. The maximum atomic E-state index is 5.15. The van der Waals surface area contributed by atoms with Crippen molar-refractivity contribution in [2.75, 3.05) is 4.43 Å². The van der Waals surface area contributed by atoms with Gasteiger partial charge in [0.2, 0.25) is 8.32 Å². The molecule has 0 aliphatic carbocycles. The van der Waals surface area contributed by atoms with Gasteiger partial charge in [-0.25, -0.2) is 5.90 Å². The maximum Gasteiger partial charge on any atom is 0.214 e. The Balaban J connectivity index is 3.28. The number of alkyl halides is 1. The van der Waals surface area contributed by atoms with Crippen molar-refractivity contribution in [3.63, 3.8) is 0 Å². The van der Waals surface area contributed by atoms with Crippen molar-refractivity contribution in [1.82, 2.24) is 0 Å². The van der Waals surface area contributed by atoms with E-state index in [0.29, 0.717) is 0 Å². The van der Waals surface area contributed by atoms with E-state index in [0.717, 1.165) is 0 Å².